The number of benzene rings is 3. The fourth-order valence-electron chi connectivity index (χ4n) is 6.17. The van der Waals surface area contributed by atoms with Crippen LogP contribution < -0.4 is 15.5 Å². The highest BCUT2D eigenvalue weighted by Gasteiger charge is 2.46. The van der Waals surface area contributed by atoms with Gasteiger partial charge in [-0.2, -0.15) is 0 Å². The molecular formula is C31H34ClN5O2S. The fraction of sp³-hybridized carbons (Fsp3) is 0.355. The smallest absolute Gasteiger partial charge is 0.325 e. The molecule has 6 rings (SSSR count). The number of thiazole rings is 1. The first-order chi connectivity index (χ1) is 19.1. The Morgan fingerprint density at radius 2 is 1.85 bits per heavy atom. The maximum absolute atomic E-state index is 13.1. The molecule has 0 unspecified atom stereocenters. The van der Waals surface area contributed by atoms with Gasteiger partial charge >= 0.3 is 6.03 Å². The van der Waals surface area contributed by atoms with Crippen LogP contribution in [0.4, 0.5) is 27.0 Å². The van der Waals surface area contributed by atoms with Crippen LogP contribution in [0.25, 0.3) is 10.2 Å². The topological polar surface area (TPSA) is 80.7 Å². The van der Waals surface area contributed by atoms with Gasteiger partial charge in [-0.15, -0.1) is 0 Å². The van der Waals surface area contributed by atoms with Gasteiger partial charge in [0.05, 0.1) is 27.3 Å². The molecule has 4 aromatic rings. The van der Waals surface area contributed by atoms with E-state index in [1.807, 2.05) is 42.5 Å². The number of amides is 2. The zero-order chi connectivity index (χ0) is 28.1. The Morgan fingerprint density at radius 3 is 2.62 bits per heavy atom. The number of anilines is 4. The number of fused-ring (bicyclic) bond motifs is 3. The van der Waals surface area contributed by atoms with Crippen molar-refractivity contribution in [1.82, 2.24) is 9.88 Å². The van der Waals surface area contributed by atoms with E-state index in [2.05, 4.69) is 52.3 Å². The molecule has 3 heterocycles. The number of piperidine rings is 1. The number of carbonyl (C=O) groups is 1. The molecule has 0 saturated carbocycles. The van der Waals surface area contributed by atoms with Crippen LogP contribution in [0.2, 0.25) is 5.02 Å². The molecule has 7 nitrogen and oxygen atoms in total. The van der Waals surface area contributed by atoms with Crippen molar-refractivity contribution in [1.29, 1.82) is 0 Å². The Labute approximate surface area is 243 Å². The van der Waals surface area contributed by atoms with Crippen molar-refractivity contribution >= 4 is 61.4 Å². The van der Waals surface area contributed by atoms with Gasteiger partial charge in [-0.25, -0.2) is 9.78 Å². The zero-order valence-electron chi connectivity index (χ0n) is 23.0. The molecule has 3 N–H and O–H groups in total. The molecule has 208 valence electrons. The standard InChI is InChI=1S/C31H34ClN5O2S/c1-30(2,3)18-36-15-13-31(14-16-36)19-37(27-21(31)7-6-10-25(27)38)24-9-5-4-8-22(24)33-28(39)35-29-34-23-12-11-20(32)17-26(23)40-29/h4-12,17,38H,13-16,18-19H2,1-3H3,(H2,33,34,35,39). The monoisotopic (exact) mass is 575 g/mol. The number of hydrogen-bond donors (Lipinski definition) is 3. The van der Waals surface area contributed by atoms with Crippen LogP contribution in [0.3, 0.4) is 0 Å². The maximum Gasteiger partial charge on any atom is 0.325 e. The maximum atomic E-state index is 13.1. The van der Waals surface area contributed by atoms with Gasteiger partial charge in [0.2, 0.25) is 0 Å². The molecule has 0 atom stereocenters. The van der Waals surface area contributed by atoms with Crippen molar-refractivity contribution in [2.75, 3.05) is 41.7 Å². The first kappa shape index (κ1) is 26.9. The van der Waals surface area contributed by atoms with Crippen LogP contribution in [-0.4, -0.2) is 47.2 Å². The van der Waals surface area contributed by atoms with E-state index in [1.165, 1.54) is 16.9 Å². The summed E-state index contributed by atoms with van der Waals surface area (Å²) in [6.45, 7) is 10.7. The lowest BCUT2D eigenvalue weighted by Gasteiger charge is -2.42. The number of rotatable bonds is 4. The summed E-state index contributed by atoms with van der Waals surface area (Å²) >= 11 is 7.48. The van der Waals surface area contributed by atoms with E-state index in [0.29, 0.717) is 15.8 Å². The van der Waals surface area contributed by atoms with Crippen molar-refractivity contribution in [2.45, 2.75) is 39.0 Å². The average Bonchev–Trinajstić information content (AvgIpc) is 3.44. The lowest BCUT2D eigenvalue weighted by molar-refractivity contribution is 0.125. The molecule has 1 fully saturated rings. The van der Waals surface area contributed by atoms with Gasteiger partial charge in [0.15, 0.2) is 5.13 Å². The Balaban J connectivity index is 1.25. The highest BCUT2D eigenvalue weighted by atomic mass is 35.5. The number of hydrogen-bond acceptors (Lipinski definition) is 6. The van der Waals surface area contributed by atoms with Gasteiger partial charge in [-0.05, 0) is 73.3 Å². The number of aromatic nitrogens is 1. The van der Waals surface area contributed by atoms with E-state index in [1.54, 1.807) is 12.1 Å². The molecule has 0 bridgehead atoms. The summed E-state index contributed by atoms with van der Waals surface area (Å²) in [7, 11) is 0. The minimum atomic E-state index is -0.375. The molecule has 1 spiro atoms. The number of halogens is 1. The summed E-state index contributed by atoms with van der Waals surface area (Å²) in [5.74, 6) is 0.263. The van der Waals surface area contributed by atoms with E-state index in [0.717, 1.165) is 60.6 Å². The summed E-state index contributed by atoms with van der Waals surface area (Å²) in [6, 6.07) is 18.7. The molecule has 2 amide bonds. The number of carbonyl (C=O) groups excluding carboxylic acids is 1. The Kier molecular flexibility index (Phi) is 6.89. The van der Waals surface area contributed by atoms with E-state index in [9.17, 15) is 9.90 Å². The van der Waals surface area contributed by atoms with E-state index < -0.39 is 0 Å². The second kappa shape index (κ2) is 10.3. The van der Waals surface area contributed by atoms with Crippen molar-refractivity contribution in [3.63, 3.8) is 0 Å². The van der Waals surface area contributed by atoms with Gasteiger partial charge < -0.3 is 20.2 Å². The van der Waals surface area contributed by atoms with Crippen LogP contribution in [0, 0.1) is 5.41 Å². The highest BCUT2D eigenvalue weighted by molar-refractivity contribution is 7.22. The SMILES string of the molecule is CC(C)(C)CN1CCC2(CC1)CN(c1ccccc1NC(=O)Nc1nc3ccc(Cl)cc3s1)c1c(O)cccc12. The Hall–Kier alpha value is -3.33. The van der Waals surface area contributed by atoms with Crippen LogP contribution in [0.15, 0.2) is 60.7 Å². The van der Waals surface area contributed by atoms with Crippen LogP contribution in [-0.2, 0) is 5.41 Å². The normalized spacial score (nSPS) is 16.9. The number of phenolic OH excluding ortho intramolecular Hbond substituents is 1. The Morgan fingerprint density at radius 1 is 1.07 bits per heavy atom. The molecule has 1 aromatic heterocycles. The molecule has 0 aliphatic carbocycles. The first-order valence-corrected chi connectivity index (χ1v) is 14.9. The van der Waals surface area contributed by atoms with Crippen molar-refractivity contribution < 1.29 is 9.90 Å². The molecular weight excluding hydrogens is 542 g/mol. The number of phenols is 1. The number of likely N-dealkylation sites (tertiary alicyclic amines) is 1. The molecule has 9 heteroatoms. The van der Waals surface area contributed by atoms with Gasteiger partial charge in [-0.3, -0.25) is 5.32 Å². The molecule has 2 aliphatic heterocycles. The van der Waals surface area contributed by atoms with Crippen molar-refractivity contribution in [3.8, 4) is 5.75 Å². The predicted molar refractivity (Wildman–Crippen MR) is 166 cm³/mol. The van der Waals surface area contributed by atoms with E-state index >= 15 is 0 Å². The predicted octanol–water partition coefficient (Wildman–Crippen LogP) is 7.83. The van der Waals surface area contributed by atoms with Gasteiger partial charge in [0.25, 0.3) is 0 Å². The number of nitrogens with one attached hydrogen (secondary N) is 2. The third-order valence-electron chi connectivity index (χ3n) is 7.84. The third kappa shape index (κ3) is 5.23. The van der Waals surface area contributed by atoms with E-state index in [-0.39, 0.29) is 22.6 Å². The molecule has 40 heavy (non-hydrogen) atoms. The number of urea groups is 1. The molecule has 0 radical (unpaired) electrons. The average molecular weight is 576 g/mol. The van der Waals surface area contributed by atoms with Gasteiger partial charge in [0, 0.05) is 23.5 Å². The van der Waals surface area contributed by atoms with Crippen LogP contribution in [0.5, 0.6) is 5.75 Å². The van der Waals surface area contributed by atoms with Crippen molar-refractivity contribution in [2.24, 2.45) is 5.41 Å². The van der Waals surface area contributed by atoms with Crippen LogP contribution >= 0.6 is 22.9 Å². The second-order valence-electron chi connectivity index (χ2n) is 12.1. The summed E-state index contributed by atoms with van der Waals surface area (Å²) in [5.41, 5.74) is 4.53. The zero-order valence-corrected chi connectivity index (χ0v) is 24.6. The quantitative estimate of drug-likeness (QED) is 0.231. The lowest BCUT2D eigenvalue weighted by atomic mass is 9.74. The second-order valence-corrected chi connectivity index (χ2v) is 13.6. The third-order valence-corrected chi connectivity index (χ3v) is 9.01. The molecule has 2 aliphatic rings. The molecule has 1 saturated heterocycles. The molecule has 3 aromatic carbocycles. The van der Waals surface area contributed by atoms with E-state index in [4.69, 9.17) is 11.6 Å². The summed E-state index contributed by atoms with van der Waals surface area (Å²) in [4.78, 5) is 22.3. The summed E-state index contributed by atoms with van der Waals surface area (Å²) in [6.07, 6.45) is 2.04. The lowest BCUT2D eigenvalue weighted by Crippen LogP contribution is -2.46. The van der Waals surface area contributed by atoms with Crippen LogP contribution in [0.1, 0.15) is 39.2 Å². The number of nitrogens with zero attached hydrogens (tertiary/aromatic N) is 3. The van der Waals surface area contributed by atoms with Gasteiger partial charge in [-0.1, -0.05) is 68.0 Å². The first-order valence-electron chi connectivity index (χ1n) is 13.7. The fourth-order valence-corrected chi connectivity index (χ4v) is 7.31. The summed E-state index contributed by atoms with van der Waals surface area (Å²) < 4.78 is 0.909. The Bertz CT molecular complexity index is 1570. The number of aromatic hydroxyl groups is 1. The highest BCUT2D eigenvalue weighted by Crippen LogP contribution is 2.54. The van der Waals surface area contributed by atoms with Gasteiger partial charge in [0.1, 0.15) is 5.75 Å². The number of para-hydroxylation sites is 3. The van der Waals surface area contributed by atoms with Crippen molar-refractivity contribution in [3.05, 3.63) is 71.2 Å². The largest absolute Gasteiger partial charge is 0.506 e. The minimum Gasteiger partial charge on any atom is -0.506 e. The minimum absolute atomic E-state index is 0.0555. The summed E-state index contributed by atoms with van der Waals surface area (Å²) in [5, 5.41) is 18.1.